The van der Waals surface area contributed by atoms with E-state index in [0.717, 1.165) is 22.6 Å². The van der Waals surface area contributed by atoms with E-state index in [1.165, 1.54) is 0 Å². The molecule has 0 saturated heterocycles. The molecule has 0 spiro atoms. The summed E-state index contributed by atoms with van der Waals surface area (Å²) in [4.78, 5) is 27.2. The number of amides is 2. The molecule has 2 aromatic rings. The number of hydrogen-bond donors (Lipinski definition) is 1. The maximum atomic E-state index is 12.3. The second-order valence-corrected chi connectivity index (χ2v) is 6.71. The zero-order valence-electron chi connectivity index (χ0n) is 13.6. The molecule has 4 nitrogen and oxygen atoms in total. The second kappa shape index (κ2) is 7.53. The number of nitrogens with zero attached hydrogens (tertiary/aromatic N) is 1. The van der Waals surface area contributed by atoms with E-state index in [9.17, 15) is 9.59 Å². The molecule has 0 fully saturated rings. The molecular formula is C19H20N2O2S. The monoisotopic (exact) mass is 340 g/mol. The minimum atomic E-state index is -0.0563. The highest BCUT2D eigenvalue weighted by molar-refractivity contribution is 8.00. The molecule has 0 saturated carbocycles. The fourth-order valence-electron chi connectivity index (χ4n) is 2.61. The van der Waals surface area contributed by atoms with Crippen LogP contribution in [0.3, 0.4) is 0 Å². The number of para-hydroxylation sites is 1. The van der Waals surface area contributed by atoms with Gasteiger partial charge >= 0.3 is 0 Å². The lowest BCUT2D eigenvalue weighted by molar-refractivity contribution is -0.116. The fraction of sp³-hybridized carbons (Fsp3) is 0.263. The van der Waals surface area contributed by atoms with Gasteiger partial charge in [0.25, 0.3) is 5.91 Å². The Labute approximate surface area is 146 Å². The number of thioether (sulfide) groups is 1. The Bertz CT molecular complexity index is 743. The van der Waals surface area contributed by atoms with Gasteiger partial charge in [0.2, 0.25) is 5.91 Å². The van der Waals surface area contributed by atoms with Crippen LogP contribution in [-0.4, -0.2) is 24.1 Å². The first-order chi connectivity index (χ1) is 11.7. The van der Waals surface area contributed by atoms with Gasteiger partial charge in [0.1, 0.15) is 0 Å². The van der Waals surface area contributed by atoms with Crippen LogP contribution >= 0.6 is 11.8 Å². The molecule has 0 bridgehead atoms. The van der Waals surface area contributed by atoms with E-state index in [4.69, 9.17) is 0 Å². The molecule has 124 valence electrons. The molecule has 5 heteroatoms. The minimum absolute atomic E-state index is 0.0563. The summed E-state index contributed by atoms with van der Waals surface area (Å²) in [6, 6.07) is 15.4. The van der Waals surface area contributed by atoms with Crippen molar-refractivity contribution in [3.05, 3.63) is 59.7 Å². The lowest BCUT2D eigenvalue weighted by atomic mass is 10.1. The lowest BCUT2D eigenvalue weighted by Crippen LogP contribution is -2.34. The fourth-order valence-corrected chi connectivity index (χ4v) is 3.55. The van der Waals surface area contributed by atoms with Crippen LogP contribution in [-0.2, 0) is 11.3 Å². The van der Waals surface area contributed by atoms with Crippen molar-refractivity contribution in [2.45, 2.75) is 24.8 Å². The molecule has 0 aromatic heterocycles. The second-order valence-electron chi connectivity index (χ2n) is 5.69. The SMILES string of the molecule is CCCNC(=O)c1ccc(CN2C(=O)CSc3ccccc32)cc1. The van der Waals surface area contributed by atoms with Crippen LogP contribution in [0, 0.1) is 0 Å². The van der Waals surface area contributed by atoms with E-state index in [1.807, 2.05) is 60.4 Å². The van der Waals surface area contributed by atoms with Crippen molar-refractivity contribution in [3.8, 4) is 0 Å². The van der Waals surface area contributed by atoms with E-state index in [0.29, 0.717) is 24.4 Å². The molecule has 0 unspecified atom stereocenters. The molecule has 3 rings (SSSR count). The summed E-state index contributed by atoms with van der Waals surface area (Å²) in [7, 11) is 0. The zero-order valence-corrected chi connectivity index (χ0v) is 14.4. The Morgan fingerprint density at radius 1 is 1.17 bits per heavy atom. The van der Waals surface area contributed by atoms with Crippen LogP contribution in [0.4, 0.5) is 5.69 Å². The van der Waals surface area contributed by atoms with Crippen LogP contribution in [0.5, 0.6) is 0 Å². The van der Waals surface area contributed by atoms with Crippen LogP contribution in [0.15, 0.2) is 53.4 Å². The predicted molar refractivity (Wildman–Crippen MR) is 97.4 cm³/mol. The summed E-state index contributed by atoms with van der Waals surface area (Å²) in [5, 5.41) is 2.86. The first-order valence-corrected chi connectivity index (χ1v) is 9.07. The predicted octanol–water partition coefficient (Wildman–Crippen LogP) is 3.47. The van der Waals surface area contributed by atoms with Gasteiger partial charge in [-0.15, -0.1) is 11.8 Å². The molecule has 0 radical (unpaired) electrons. The Hall–Kier alpha value is -2.27. The van der Waals surface area contributed by atoms with E-state index in [1.54, 1.807) is 11.8 Å². The first kappa shape index (κ1) is 16.6. The molecule has 2 amide bonds. The van der Waals surface area contributed by atoms with Gasteiger partial charge in [0, 0.05) is 17.0 Å². The normalized spacial score (nSPS) is 13.5. The Morgan fingerprint density at radius 2 is 1.92 bits per heavy atom. The summed E-state index contributed by atoms with van der Waals surface area (Å²) in [6.07, 6.45) is 0.915. The standard InChI is InChI=1S/C19H20N2O2S/c1-2-11-20-19(23)15-9-7-14(8-10-15)12-21-16-5-3-4-6-17(16)24-13-18(21)22/h3-10H,2,11-13H2,1H3,(H,20,23). The number of nitrogens with one attached hydrogen (secondary N) is 1. The highest BCUT2D eigenvalue weighted by atomic mass is 32.2. The highest BCUT2D eigenvalue weighted by Crippen LogP contribution is 2.35. The Kier molecular flexibility index (Phi) is 5.20. The van der Waals surface area contributed by atoms with Crippen molar-refractivity contribution in [1.29, 1.82) is 0 Å². The van der Waals surface area contributed by atoms with E-state index in [2.05, 4.69) is 5.32 Å². The summed E-state index contributed by atoms with van der Waals surface area (Å²) in [6.45, 7) is 3.22. The molecule has 1 aliphatic heterocycles. The molecular weight excluding hydrogens is 320 g/mol. The van der Waals surface area contributed by atoms with Gasteiger partial charge in [0.15, 0.2) is 0 Å². The molecule has 1 aliphatic rings. The van der Waals surface area contributed by atoms with Gasteiger partial charge in [-0.3, -0.25) is 9.59 Å². The van der Waals surface area contributed by atoms with E-state index in [-0.39, 0.29) is 11.8 Å². The summed E-state index contributed by atoms with van der Waals surface area (Å²) >= 11 is 1.58. The Balaban J connectivity index is 1.74. The third kappa shape index (κ3) is 3.62. The van der Waals surface area contributed by atoms with Gasteiger partial charge in [-0.1, -0.05) is 31.2 Å². The van der Waals surface area contributed by atoms with Gasteiger partial charge in [0.05, 0.1) is 18.0 Å². The molecule has 1 N–H and O–H groups in total. The minimum Gasteiger partial charge on any atom is -0.352 e. The average molecular weight is 340 g/mol. The molecule has 1 heterocycles. The number of carbonyl (C=O) groups is 2. The topological polar surface area (TPSA) is 49.4 Å². The molecule has 24 heavy (non-hydrogen) atoms. The number of hydrogen-bond acceptors (Lipinski definition) is 3. The van der Waals surface area contributed by atoms with Gasteiger partial charge in [-0.25, -0.2) is 0 Å². The summed E-state index contributed by atoms with van der Waals surface area (Å²) < 4.78 is 0. The van der Waals surface area contributed by atoms with Crippen molar-refractivity contribution < 1.29 is 9.59 Å². The van der Waals surface area contributed by atoms with Crippen molar-refractivity contribution in [1.82, 2.24) is 5.32 Å². The number of benzene rings is 2. The van der Waals surface area contributed by atoms with Crippen LogP contribution in [0.2, 0.25) is 0 Å². The number of fused-ring (bicyclic) bond motifs is 1. The van der Waals surface area contributed by atoms with Gasteiger partial charge < -0.3 is 10.2 Å². The first-order valence-electron chi connectivity index (χ1n) is 8.08. The van der Waals surface area contributed by atoms with Crippen molar-refractivity contribution in [2.75, 3.05) is 17.2 Å². The summed E-state index contributed by atoms with van der Waals surface area (Å²) in [5.74, 6) is 0.525. The van der Waals surface area contributed by atoms with Gasteiger partial charge in [-0.2, -0.15) is 0 Å². The van der Waals surface area contributed by atoms with E-state index >= 15 is 0 Å². The largest absolute Gasteiger partial charge is 0.352 e. The molecule has 0 atom stereocenters. The Morgan fingerprint density at radius 3 is 2.67 bits per heavy atom. The quantitative estimate of drug-likeness (QED) is 0.907. The maximum absolute atomic E-state index is 12.3. The van der Waals surface area contributed by atoms with Gasteiger partial charge in [-0.05, 0) is 36.2 Å². The zero-order chi connectivity index (χ0) is 16.9. The third-order valence-electron chi connectivity index (χ3n) is 3.90. The highest BCUT2D eigenvalue weighted by Gasteiger charge is 2.24. The van der Waals surface area contributed by atoms with Crippen LogP contribution in [0.25, 0.3) is 0 Å². The maximum Gasteiger partial charge on any atom is 0.251 e. The van der Waals surface area contributed by atoms with Crippen molar-refractivity contribution in [2.24, 2.45) is 0 Å². The van der Waals surface area contributed by atoms with Crippen molar-refractivity contribution in [3.63, 3.8) is 0 Å². The number of carbonyl (C=O) groups excluding carboxylic acids is 2. The average Bonchev–Trinajstić information content (AvgIpc) is 2.62. The third-order valence-corrected chi connectivity index (χ3v) is 4.95. The number of rotatable bonds is 5. The molecule has 0 aliphatic carbocycles. The summed E-state index contributed by atoms with van der Waals surface area (Å²) in [5.41, 5.74) is 2.62. The molecule has 2 aromatic carbocycles. The smallest absolute Gasteiger partial charge is 0.251 e. The van der Waals surface area contributed by atoms with Crippen LogP contribution < -0.4 is 10.2 Å². The van der Waals surface area contributed by atoms with E-state index < -0.39 is 0 Å². The van der Waals surface area contributed by atoms with Crippen molar-refractivity contribution >= 4 is 29.3 Å². The lowest BCUT2D eigenvalue weighted by Gasteiger charge is -2.29. The number of anilines is 1. The van der Waals surface area contributed by atoms with Crippen LogP contribution in [0.1, 0.15) is 29.3 Å².